The SMILES string of the molecule is CCCOc1ccc(CNc2ccc(C(=O)O)cc2C)cc1Br. The Morgan fingerprint density at radius 1 is 1.26 bits per heavy atom. The highest BCUT2D eigenvalue weighted by Gasteiger charge is 2.06. The molecule has 0 aromatic heterocycles. The van der Waals surface area contributed by atoms with Crippen molar-refractivity contribution >= 4 is 27.6 Å². The van der Waals surface area contributed by atoms with E-state index in [1.165, 1.54) is 0 Å². The number of hydrogen-bond acceptors (Lipinski definition) is 3. The third-order valence-electron chi connectivity index (χ3n) is 3.41. The van der Waals surface area contributed by atoms with Gasteiger partial charge in [0.05, 0.1) is 16.6 Å². The highest BCUT2D eigenvalue weighted by atomic mass is 79.9. The average molecular weight is 378 g/mol. The van der Waals surface area contributed by atoms with Crippen molar-refractivity contribution in [2.45, 2.75) is 26.8 Å². The first-order chi connectivity index (χ1) is 11.0. The third-order valence-corrected chi connectivity index (χ3v) is 4.03. The van der Waals surface area contributed by atoms with Crippen LogP contribution in [-0.4, -0.2) is 17.7 Å². The number of hydrogen-bond donors (Lipinski definition) is 2. The van der Waals surface area contributed by atoms with Gasteiger partial charge in [0, 0.05) is 12.2 Å². The highest BCUT2D eigenvalue weighted by molar-refractivity contribution is 9.10. The Bertz CT molecular complexity index is 701. The summed E-state index contributed by atoms with van der Waals surface area (Å²) in [6.07, 6.45) is 0.974. The molecule has 0 aliphatic carbocycles. The van der Waals surface area contributed by atoms with Crippen LogP contribution in [0.1, 0.15) is 34.8 Å². The molecule has 0 radical (unpaired) electrons. The molecule has 0 saturated carbocycles. The van der Waals surface area contributed by atoms with Gasteiger partial charge >= 0.3 is 5.97 Å². The molecule has 2 rings (SSSR count). The van der Waals surface area contributed by atoms with E-state index < -0.39 is 5.97 Å². The molecule has 0 spiro atoms. The lowest BCUT2D eigenvalue weighted by molar-refractivity contribution is 0.0697. The zero-order chi connectivity index (χ0) is 16.8. The quantitative estimate of drug-likeness (QED) is 0.723. The van der Waals surface area contributed by atoms with Crippen molar-refractivity contribution in [3.05, 3.63) is 57.6 Å². The maximum atomic E-state index is 11.0. The van der Waals surface area contributed by atoms with Crippen LogP contribution in [0.4, 0.5) is 5.69 Å². The number of carbonyl (C=O) groups is 1. The zero-order valence-electron chi connectivity index (χ0n) is 13.2. The van der Waals surface area contributed by atoms with Gasteiger partial charge in [-0.3, -0.25) is 0 Å². The van der Waals surface area contributed by atoms with Gasteiger partial charge in [-0.1, -0.05) is 13.0 Å². The minimum absolute atomic E-state index is 0.299. The third kappa shape index (κ3) is 4.73. The van der Waals surface area contributed by atoms with E-state index in [4.69, 9.17) is 9.84 Å². The fraction of sp³-hybridized carbons (Fsp3) is 0.278. The van der Waals surface area contributed by atoms with Crippen molar-refractivity contribution in [3.8, 4) is 5.75 Å². The predicted octanol–water partition coefficient (Wildman–Crippen LogP) is 4.86. The number of halogens is 1. The van der Waals surface area contributed by atoms with Crippen LogP contribution >= 0.6 is 15.9 Å². The monoisotopic (exact) mass is 377 g/mol. The topological polar surface area (TPSA) is 58.6 Å². The molecule has 23 heavy (non-hydrogen) atoms. The molecule has 2 aromatic carbocycles. The fourth-order valence-electron chi connectivity index (χ4n) is 2.18. The molecule has 2 N–H and O–H groups in total. The smallest absolute Gasteiger partial charge is 0.335 e. The lowest BCUT2D eigenvalue weighted by atomic mass is 10.1. The average Bonchev–Trinajstić information content (AvgIpc) is 2.52. The first kappa shape index (κ1) is 17.3. The molecule has 4 nitrogen and oxygen atoms in total. The predicted molar refractivity (Wildman–Crippen MR) is 95.4 cm³/mol. The summed E-state index contributed by atoms with van der Waals surface area (Å²) in [6, 6.07) is 11.1. The second-order valence-electron chi connectivity index (χ2n) is 5.30. The van der Waals surface area contributed by atoms with Crippen molar-refractivity contribution in [1.82, 2.24) is 0 Å². The van der Waals surface area contributed by atoms with E-state index in [-0.39, 0.29) is 0 Å². The molecule has 0 amide bonds. The van der Waals surface area contributed by atoms with E-state index in [2.05, 4.69) is 28.2 Å². The Kier molecular flexibility index (Phi) is 6.04. The number of rotatable bonds is 7. The van der Waals surface area contributed by atoms with Crippen molar-refractivity contribution in [2.75, 3.05) is 11.9 Å². The second kappa shape index (κ2) is 8.02. The van der Waals surface area contributed by atoms with Gasteiger partial charge < -0.3 is 15.2 Å². The summed E-state index contributed by atoms with van der Waals surface area (Å²) in [5.41, 5.74) is 3.25. The van der Waals surface area contributed by atoms with Gasteiger partial charge in [0.1, 0.15) is 5.75 Å². The number of aryl methyl sites for hydroxylation is 1. The summed E-state index contributed by atoms with van der Waals surface area (Å²) in [7, 11) is 0. The molecule has 122 valence electrons. The van der Waals surface area contributed by atoms with Crippen LogP contribution in [-0.2, 0) is 6.54 Å². The number of ether oxygens (including phenoxy) is 1. The number of benzene rings is 2. The Labute approximate surface area is 144 Å². The summed E-state index contributed by atoms with van der Waals surface area (Å²) in [5, 5.41) is 12.3. The van der Waals surface area contributed by atoms with Crippen LogP contribution < -0.4 is 10.1 Å². The van der Waals surface area contributed by atoms with E-state index in [9.17, 15) is 4.79 Å². The standard InChI is InChI=1S/C18H20BrNO3/c1-3-8-23-17-7-4-13(10-15(17)19)11-20-16-6-5-14(18(21)22)9-12(16)2/h4-7,9-10,20H,3,8,11H2,1-2H3,(H,21,22). The maximum absolute atomic E-state index is 11.0. The van der Waals surface area contributed by atoms with Crippen molar-refractivity contribution in [2.24, 2.45) is 0 Å². The molecule has 5 heteroatoms. The number of aromatic carboxylic acids is 1. The summed E-state index contributed by atoms with van der Waals surface area (Å²) < 4.78 is 6.57. The van der Waals surface area contributed by atoms with E-state index in [0.717, 1.165) is 33.5 Å². The van der Waals surface area contributed by atoms with Crippen LogP contribution in [0, 0.1) is 6.92 Å². The molecular formula is C18H20BrNO3. The molecule has 0 bridgehead atoms. The lowest BCUT2D eigenvalue weighted by Gasteiger charge is -2.12. The van der Waals surface area contributed by atoms with Gasteiger partial charge in [0.2, 0.25) is 0 Å². The largest absolute Gasteiger partial charge is 0.492 e. The van der Waals surface area contributed by atoms with Gasteiger partial charge in [0.15, 0.2) is 0 Å². The normalized spacial score (nSPS) is 10.4. The molecular weight excluding hydrogens is 358 g/mol. The summed E-state index contributed by atoms with van der Waals surface area (Å²) in [5.74, 6) is -0.0659. The Morgan fingerprint density at radius 2 is 2.04 bits per heavy atom. The molecule has 0 aliphatic rings. The van der Waals surface area contributed by atoms with E-state index in [0.29, 0.717) is 18.7 Å². The van der Waals surface area contributed by atoms with Crippen molar-refractivity contribution in [1.29, 1.82) is 0 Å². The van der Waals surface area contributed by atoms with Crippen LogP contribution in [0.25, 0.3) is 0 Å². The molecule has 0 unspecified atom stereocenters. The molecule has 0 aliphatic heterocycles. The minimum Gasteiger partial charge on any atom is -0.492 e. The Morgan fingerprint density at radius 3 is 2.65 bits per heavy atom. The summed E-state index contributed by atoms with van der Waals surface area (Å²) in [4.78, 5) is 11.0. The van der Waals surface area contributed by atoms with E-state index in [1.54, 1.807) is 18.2 Å². The Balaban J connectivity index is 2.03. The molecule has 0 saturated heterocycles. The van der Waals surface area contributed by atoms with Gasteiger partial charge in [-0.2, -0.15) is 0 Å². The van der Waals surface area contributed by atoms with Crippen LogP contribution in [0.5, 0.6) is 5.75 Å². The highest BCUT2D eigenvalue weighted by Crippen LogP contribution is 2.27. The zero-order valence-corrected chi connectivity index (χ0v) is 14.8. The van der Waals surface area contributed by atoms with E-state index in [1.807, 2.05) is 25.1 Å². The van der Waals surface area contributed by atoms with Crippen LogP contribution in [0.3, 0.4) is 0 Å². The molecule has 0 heterocycles. The molecule has 0 atom stereocenters. The number of carboxylic acids is 1. The van der Waals surface area contributed by atoms with Crippen molar-refractivity contribution < 1.29 is 14.6 Å². The van der Waals surface area contributed by atoms with Gasteiger partial charge in [-0.05, 0) is 70.7 Å². The molecule has 0 fully saturated rings. The first-order valence-electron chi connectivity index (χ1n) is 7.50. The van der Waals surface area contributed by atoms with Crippen LogP contribution in [0.2, 0.25) is 0 Å². The Hall–Kier alpha value is -2.01. The maximum Gasteiger partial charge on any atom is 0.335 e. The minimum atomic E-state index is -0.911. The van der Waals surface area contributed by atoms with Crippen LogP contribution in [0.15, 0.2) is 40.9 Å². The first-order valence-corrected chi connectivity index (χ1v) is 8.29. The molecule has 2 aromatic rings. The number of carboxylic acid groups (broad SMARTS) is 1. The van der Waals surface area contributed by atoms with Gasteiger partial charge in [0.25, 0.3) is 0 Å². The summed E-state index contributed by atoms with van der Waals surface area (Å²) >= 11 is 3.53. The van der Waals surface area contributed by atoms with Crippen molar-refractivity contribution in [3.63, 3.8) is 0 Å². The van der Waals surface area contributed by atoms with Gasteiger partial charge in [-0.25, -0.2) is 4.79 Å². The van der Waals surface area contributed by atoms with Gasteiger partial charge in [-0.15, -0.1) is 0 Å². The number of anilines is 1. The second-order valence-corrected chi connectivity index (χ2v) is 6.16. The number of nitrogens with one attached hydrogen (secondary N) is 1. The fourth-order valence-corrected chi connectivity index (χ4v) is 2.72. The summed E-state index contributed by atoms with van der Waals surface area (Å²) in [6.45, 7) is 5.32. The van der Waals surface area contributed by atoms with E-state index >= 15 is 0 Å². The lowest BCUT2D eigenvalue weighted by Crippen LogP contribution is -2.03.